The van der Waals surface area contributed by atoms with Gasteiger partial charge in [-0.15, -0.1) is 0 Å². The van der Waals surface area contributed by atoms with Crippen LogP contribution < -0.4 is 5.73 Å². The molecular formula is C23H23NO8. The number of Topliss-reactive ketones (excluding diaryl/α,β-unsaturated/α-hetero) is 2. The molecule has 4 rings (SSSR count). The maximum Gasteiger partial charge on any atom is 0.225 e. The van der Waals surface area contributed by atoms with Crippen LogP contribution in [0.5, 0.6) is 5.75 Å². The predicted molar refractivity (Wildman–Crippen MR) is 111 cm³/mol. The van der Waals surface area contributed by atoms with E-state index >= 15 is 0 Å². The van der Waals surface area contributed by atoms with Crippen molar-refractivity contribution in [2.24, 2.45) is 17.6 Å². The van der Waals surface area contributed by atoms with E-state index in [9.17, 15) is 34.8 Å². The van der Waals surface area contributed by atoms with E-state index in [-0.39, 0.29) is 42.8 Å². The van der Waals surface area contributed by atoms with Gasteiger partial charge in [-0.25, -0.2) is 0 Å². The molecule has 2 aromatic rings. The summed E-state index contributed by atoms with van der Waals surface area (Å²) in [4.78, 5) is 37.4. The number of phenolic OH excluding ortho intramolecular Hbond substituents is 1. The second kappa shape index (κ2) is 7.92. The van der Waals surface area contributed by atoms with Crippen LogP contribution in [0.2, 0.25) is 0 Å². The largest absolute Gasteiger partial charge is 0.507 e. The van der Waals surface area contributed by atoms with Crippen molar-refractivity contribution in [3.05, 3.63) is 47.4 Å². The minimum atomic E-state index is -2.60. The van der Waals surface area contributed by atoms with Gasteiger partial charge in [0.2, 0.25) is 11.7 Å². The Labute approximate surface area is 182 Å². The molecule has 1 heterocycles. The third kappa shape index (κ3) is 3.21. The van der Waals surface area contributed by atoms with Crippen LogP contribution in [0.1, 0.15) is 30.4 Å². The number of hydrogen-bond donors (Lipinski definition) is 5. The van der Waals surface area contributed by atoms with E-state index < -0.39 is 47.1 Å². The topological polar surface area (TPSA) is 171 Å². The van der Waals surface area contributed by atoms with E-state index in [1.807, 2.05) is 0 Å². The molecular weight excluding hydrogens is 418 g/mol. The number of ketones is 2. The van der Waals surface area contributed by atoms with Crippen LogP contribution in [0.25, 0.3) is 16.9 Å². The van der Waals surface area contributed by atoms with Crippen molar-refractivity contribution >= 4 is 23.2 Å². The van der Waals surface area contributed by atoms with Crippen LogP contribution in [0.15, 0.2) is 40.7 Å². The smallest absolute Gasteiger partial charge is 0.225 e. The van der Waals surface area contributed by atoms with Crippen molar-refractivity contribution in [2.45, 2.75) is 31.3 Å². The number of fused-ring (bicyclic) bond motifs is 2. The maximum atomic E-state index is 13.4. The van der Waals surface area contributed by atoms with Crippen molar-refractivity contribution in [2.75, 3.05) is 6.61 Å². The van der Waals surface area contributed by atoms with Gasteiger partial charge in [0, 0.05) is 23.7 Å². The highest BCUT2D eigenvalue weighted by Crippen LogP contribution is 2.50. The number of rotatable bonds is 6. The number of phenols is 1. The standard InChI is InChI=1S/C23H23NO8/c24-18(28)9-17(27)23(31)13(3-5-25)7-12-8-15-14(11-4-6-32-10-11)1-2-16(26)20(15)21(29)19(12)22(23)30/h1-2,4,6,10,12-13,25-26,29,31H,3,5,7-9H2,(H2,24,28)/t12-,13-,23-/m1/s1. The van der Waals surface area contributed by atoms with E-state index in [0.717, 1.165) is 5.56 Å². The summed E-state index contributed by atoms with van der Waals surface area (Å²) in [5.74, 6) is -5.42. The number of hydrogen-bond acceptors (Lipinski definition) is 8. The lowest BCUT2D eigenvalue weighted by Gasteiger charge is -2.43. The highest BCUT2D eigenvalue weighted by molar-refractivity contribution is 6.23. The Kier molecular flexibility index (Phi) is 5.39. The summed E-state index contributed by atoms with van der Waals surface area (Å²) in [6.45, 7) is -0.389. The molecule has 0 radical (unpaired) electrons. The van der Waals surface area contributed by atoms with Crippen molar-refractivity contribution in [1.29, 1.82) is 0 Å². The van der Waals surface area contributed by atoms with Crippen LogP contribution in [0.4, 0.5) is 0 Å². The second-order valence-corrected chi connectivity index (χ2v) is 8.27. The molecule has 1 amide bonds. The quantitative estimate of drug-likeness (QED) is 0.417. The summed E-state index contributed by atoms with van der Waals surface area (Å²) in [6, 6.07) is 4.79. The highest BCUT2D eigenvalue weighted by Gasteiger charge is 2.57. The molecule has 32 heavy (non-hydrogen) atoms. The van der Waals surface area contributed by atoms with Crippen molar-refractivity contribution < 1.29 is 39.2 Å². The molecule has 1 aromatic heterocycles. The number of benzene rings is 1. The lowest BCUT2D eigenvalue weighted by molar-refractivity contribution is -0.159. The number of furan rings is 1. The number of carbonyl (C=O) groups is 3. The van der Waals surface area contributed by atoms with Crippen molar-refractivity contribution in [3.63, 3.8) is 0 Å². The first-order valence-corrected chi connectivity index (χ1v) is 10.2. The molecule has 0 unspecified atom stereocenters. The van der Waals surface area contributed by atoms with Gasteiger partial charge in [-0.2, -0.15) is 0 Å². The van der Waals surface area contributed by atoms with Crippen LogP contribution in [0.3, 0.4) is 0 Å². The second-order valence-electron chi connectivity index (χ2n) is 8.27. The fourth-order valence-corrected chi connectivity index (χ4v) is 5.01. The molecule has 2 aliphatic rings. The van der Waals surface area contributed by atoms with Crippen LogP contribution in [-0.4, -0.2) is 50.1 Å². The molecule has 1 saturated carbocycles. The van der Waals surface area contributed by atoms with Crippen LogP contribution in [-0.2, 0) is 20.8 Å². The summed E-state index contributed by atoms with van der Waals surface area (Å²) in [5.41, 5.74) is 4.39. The molecule has 1 fully saturated rings. The fourth-order valence-electron chi connectivity index (χ4n) is 5.01. The Hall–Kier alpha value is -3.43. The first-order valence-electron chi connectivity index (χ1n) is 10.2. The third-order valence-corrected chi connectivity index (χ3v) is 6.46. The van der Waals surface area contributed by atoms with Crippen LogP contribution in [0, 0.1) is 11.8 Å². The number of carbonyl (C=O) groups excluding carboxylic acids is 3. The Morgan fingerprint density at radius 3 is 2.59 bits per heavy atom. The number of primary amides is 1. The van der Waals surface area contributed by atoms with Crippen LogP contribution >= 0.6 is 0 Å². The van der Waals surface area contributed by atoms with Gasteiger partial charge in [-0.1, -0.05) is 6.07 Å². The first kappa shape index (κ1) is 21.8. The summed E-state index contributed by atoms with van der Waals surface area (Å²) in [5, 5.41) is 42.2. The van der Waals surface area contributed by atoms with Crippen molar-refractivity contribution in [1.82, 2.24) is 0 Å². The third-order valence-electron chi connectivity index (χ3n) is 6.46. The zero-order chi connectivity index (χ0) is 23.2. The lowest BCUT2D eigenvalue weighted by Crippen LogP contribution is -2.59. The summed E-state index contributed by atoms with van der Waals surface area (Å²) >= 11 is 0. The predicted octanol–water partition coefficient (Wildman–Crippen LogP) is 1.24. The molecule has 0 aliphatic heterocycles. The lowest BCUT2D eigenvalue weighted by atomic mass is 9.61. The zero-order valence-electron chi connectivity index (χ0n) is 17.1. The van der Waals surface area contributed by atoms with E-state index in [1.165, 1.54) is 18.6 Å². The Balaban J connectivity index is 1.88. The van der Waals surface area contributed by atoms with E-state index in [1.54, 1.807) is 12.1 Å². The van der Waals surface area contributed by atoms with Gasteiger partial charge < -0.3 is 30.6 Å². The highest BCUT2D eigenvalue weighted by atomic mass is 16.3. The Morgan fingerprint density at radius 2 is 1.97 bits per heavy atom. The minimum absolute atomic E-state index is 0.0496. The molecule has 9 heteroatoms. The van der Waals surface area contributed by atoms with Gasteiger partial charge in [0.05, 0.1) is 24.5 Å². The van der Waals surface area contributed by atoms with E-state index in [4.69, 9.17) is 10.2 Å². The fraction of sp³-hybridized carbons (Fsp3) is 0.348. The summed E-state index contributed by atoms with van der Waals surface area (Å²) in [6.07, 6.45) is 2.45. The molecule has 9 nitrogen and oxygen atoms in total. The molecule has 2 aliphatic carbocycles. The molecule has 0 bridgehead atoms. The van der Waals surface area contributed by atoms with E-state index in [0.29, 0.717) is 11.1 Å². The van der Waals surface area contributed by atoms with Gasteiger partial charge in [0.25, 0.3) is 0 Å². The molecule has 168 valence electrons. The van der Waals surface area contributed by atoms with Gasteiger partial charge in [0.1, 0.15) is 11.5 Å². The van der Waals surface area contributed by atoms with Crippen molar-refractivity contribution in [3.8, 4) is 16.9 Å². The SMILES string of the molecule is NC(=O)CC(=O)[C@@]1(O)C(=O)C2=C(O)c3c(O)ccc(-c4ccoc4)c3C[C@H]2C[C@H]1CCO. The van der Waals surface area contributed by atoms with Gasteiger partial charge >= 0.3 is 0 Å². The normalized spacial score (nSPS) is 24.8. The van der Waals surface area contributed by atoms with Gasteiger partial charge in [0.15, 0.2) is 11.4 Å². The molecule has 3 atom stereocenters. The monoisotopic (exact) mass is 441 g/mol. The first-order chi connectivity index (χ1) is 15.2. The van der Waals surface area contributed by atoms with Gasteiger partial charge in [-0.3, -0.25) is 14.4 Å². The number of nitrogens with two attached hydrogens (primary N) is 1. The summed E-state index contributed by atoms with van der Waals surface area (Å²) in [7, 11) is 0. The average molecular weight is 441 g/mol. The molecule has 1 aromatic carbocycles. The molecule has 0 spiro atoms. The number of aromatic hydroxyl groups is 1. The summed E-state index contributed by atoms with van der Waals surface area (Å²) < 4.78 is 5.15. The van der Waals surface area contributed by atoms with E-state index in [2.05, 4.69) is 0 Å². The minimum Gasteiger partial charge on any atom is -0.507 e. The maximum absolute atomic E-state index is 13.4. The molecule has 6 N–H and O–H groups in total. The number of aliphatic hydroxyl groups excluding tert-OH is 2. The van der Waals surface area contributed by atoms with Gasteiger partial charge in [-0.05, 0) is 48.4 Å². The number of amides is 1. The Bertz CT molecular complexity index is 1130. The number of aliphatic hydroxyl groups is 3. The zero-order valence-corrected chi connectivity index (χ0v) is 17.1. The average Bonchev–Trinajstić information content (AvgIpc) is 3.26. The Morgan fingerprint density at radius 1 is 1.22 bits per heavy atom. The molecule has 0 saturated heterocycles.